The van der Waals surface area contributed by atoms with Crippen LogP contribution in [0.1, 0.15) is 36.3 Å². The molecule has 1 atom stereocenters. The monoisotopic (exact) mass is 293 g/mol. The second-order valence-corrected chi connectivity index (χ2v) is 4.25. The fourth-order valence-corrected chi connectivity index (χ4v) is 1.82. The first kappa shape index (κ1) is 16.5. The molecule has 1 aromatic heterocycles. The van der Waals surface area contributed by atoms with Gasteiger partial charge in [0.2, 0.25) is 0 Å². The van der Waals surface area contributed by atoms with Crippen molar-refractivity contribution in [2.75, 3.05) is 13.7 Å². The highest BCUT2D eigenvalue weighted by molar-refractivity contribution is 5.95. The number of hydrogen-bond donors (Lipinski definition) is 1. The predicted octanol–water partition coefficient (Wildman–Crippen LogP) is 2.08. The maximum Gasteiger partial charge on any atom is 0.433 e. The van der Waals surface area contributed by atoms with Crippen molar-refractivity contribution in [1.82, 2.24) is 15.1 Å². The number of rotatable bonds is 6. The van der Waals surface area contributed by atoms with Crippen LogP contribution in [0.3, 0.4) is 0 Å². The first-order valence-corrected chi connectivity index (χ1v) is 6.27. The summed E-state index contributed by atoms with van der Waals surface area (Å²) in [6.45, 7) is 3.62. The maximum atomic E-state index is 13.0. The molecule has 1 unspecified atom stereocenters. The molecule has 0 spiro atoms. The van der Waals surface area contributed by atoms with Gasteiger partial charge in [0.15, 0.2) is 5.69 Å². The molecule has 0 fully saturated rings. The Morgan fingerprint density at radius 1 is 1.50 bits per heavy atom. The molecule has 0 aliphatic heterocycles. The number of nitrogens with zero attached hydrogens (tertiary/aromatic N) is 2. The molecule has 5 nitrogen and oxygen atoms in total. The third-order valence-electron chi connectivity index (χ3n) is 2.85. The van der Waals surface area contributed by atoms with Crippen molar-refractivity contribution in [3.63, 3.8) is 0 Å². The summed E-state index contributed by atoms with van der Waals surface area (Å²) in [5, 5.41) is 6.12. The van der Waals surface area contributed by atoms with Crippen molar-refractivity contribution in [3.8, 4) is 0 Å². The molecule has 1 amide bonds. The molecular formula is C12H18F3N3O2. The Kier molecular flexibility index (Phi) is 5.55. The molecule has 0 aliphatic rings. The van der Waals surface area contributed by atoms with Crippen molar-refractivity contribution in [2.24, 2.45) is 0 Å². The van der Waals surface area contributed by atoms with Crippen molar-refractivity contribution >= 4 is 5.91 Å². The number of methoxy groups -OCH3 is 1. The molecule has 0 bridgehead atoms. The van der Waals surface area contributed by atoms with Gasteiger partial charge in [0.1, 0.15) is 0 Å². The Labute approximate surface area is 115 Å². The molecular weight excluding hydrogens is 275 g/mol. The average Bonchev–Trinajstić information content (AvgIpc) is 2.81. The molecule has 0 aromatic carbocycles. The van der Waals surface area contributed by atoms with Gasteiger partial charge >= 0.3 is 6.18 Å². The summed E-state index contributed by atoms with van der Waals surface area (Å²) < 4.78 is 44.6. The number of aromatic nitrogens is 2. The molecule has 1 heterocycles. The number of aryl methyl sites for hydroxylation is 1. The van der Waals surface area contributed by atoms with Gasteiger partial charge in [-0.05, 0) is 13.3 Å². The van der Waals surface area contributed by atoms with E-state index in [2.05, 4.69) is 10.4 Å². The zero-order chi connectivity index (χ0) is 15.3. The third kappa shape index (κ3) is 3.72. The molecule has 20 heavy (non-hydrogen) atoms. The second-order valence-electron chi connectivity index (χ2n) is 4.25. The number of amides is 1. The Bertz CT molecular complexity index is 457. The summed E-state index contributed by atoms with van der Waals surface area (Å²) >= 11 is 0. The van der Waals surface area contributed by atoms with Crippen LogP contribution in [0, 0.1) is 0 Å². The van der Waals surface area contributed by atoms with Crippen LogP contribution in [0.5, 0.6) is 0 Å². The van der Waals surface area contributed by atoms with Gasteiger partial charge in [0.05, 0.1) is 24.4 Å². The van der Waals surface area contributed by atoms with E-state index >= 15 is 0 Å². The van der Waals surface area contributed by atoms with Crippen LogP contribution in [0.2, 0.25) is 0 Å². The van der Waals surface area contributed by atoms with Gasteiger partial charge < -0.3 is 10.1 Å². The van der Waals surface area contributed by atoms with E-state index in [0.717, 1.165) is 10.9 Å². The smallest absolute Gasteiger partial charge is 0.383 e. The Morgan fingerprint density at radius 2 is 2.15 bits per heavy atom. The minimum Gasteiger partial charge on any atom is -0.383 e. The van der Waals surface area contributed by atoms with Gasteiger partial charge in [-0.3, -0.25) is 9.48 Å². The largest absolute Gasteiger partial charge is 0.433 e. The van der Waals surface area contributed by atoms with E-state index in [-0.39, 0.29) is 19.2 Å². The summed E-state index contributed by atoms with van der Waals surface area (Å²) in [6.07, 6.45) is -3.12. The quantitative estimate of drug-likeness (QED) is 0.873. The third-order valence-corrected chi connectivity index (χ3v) is 2.85. The van der Waals surface area contributed by atoms with E-state index in [1.807, 2.05) is 6.92 Å². The Hall–Kier alpha value is -1.57. The molecule has 0 aliphatic carbocycles. The fourth-order valence-electron chi connectivity index (χ4n) is 1.82. The predicted molar refractivity (Wildman–Crippen MR) is 66.3 cm³/mol. The van der Waals surface area contributed by atoms with E-state index in [9.17, 15) is 18.0 Å². The van der Waals surface area contributed by atoms with Gasteiger partial charge in [-0.25, -0.2) is 0 Å². The van der Waals surface area contributed by atoms with Gasteiger partial charge in [0.25, 0.3) is 5.91 Å². The number of carbonyl (C=O) groups is 1. The van der Waals surface area contributed by atoms with Crippen molar-refractivity contribution in [3.05, 3.63) is 17.5 Å². The highest BCUT2D eigenvalue weighted by Gasteiger charge is 2.39. The van der Waals surface area contributed by atoms with Crippen molar-refractivity contribution < 1.29 is 22.7 Å². The van der Waals surface area contributed by atoms with Gasteiger partial charge in [-0.15, -0.1) is 0 Å². The van der Waals surface area contributed by atoms with Crippen LogP contribution < -0.4 is 5.32 Å². The summed E-state index contributed by atoms with van der Waals surface area (Å²) in [7, 11) is 1.46. The van der Waals surface area contributed by atoms with E-state index in [1.54, 1.807) is 0 Å². The zero-order valence-corrected chi connectivity index (χ0v) is 11.6. The van der Waals surface area contributed by atoms with Crippen LogP contribution in [0.15, 0.2) is 6.20 Å². The van der Waals surface area contributed by atoms with Crippen molar-refractivity contribution in [1.29, 1.82) is 0 Å². The summed E-state index contributed by atoms with van der Waals surface area (Å²) in [4.78, 5) is 12.0. The number of carbonyl (C=O) groups excluding carboxylic acids is 1. The molecule has 8 heteroatoms. The number of alkyl halides is 3. The van der Waals surface area contributed by atoms with Gasteiger partial charge in [-0.2, -0.15) is 18.3 Å². The first-order valence-electron chi connectivity index (χ1n) is 6.27. The molecule has 0 saturated heterocycles. The molecule has 114 valence electrons. The second kappa shape index (κ2) is 6.74. The summed E-state index contributed by atoms with van der Waals surface area (Å²) in [5.74, 6) is -0.791. The standard InChI is InChI=1S/C12H18F3N3O2/c1-4-8(7-20-3)17-11(19)9-6-16-18(5-2)10(9)12(13,14)15/h6,8H,4-5,7H2,1-3H3,(H,17,19). The first-order chi connectivity index (χ1) is 9.35. The molecule has 0 radical (unpaired) electrons. The Balaban J connectivity index is 3.02. The molecule has 1 rings (SSSR count). The summed E-state index contributed by atoms with van der Waals surface area (Å²) in [6, 6.07) is -0.335. The van der Waals surface area contributed by atoms with Crippen LogP contribution in [-0.4, -0.2) is 35.4 Å². The molecule has 0 saturated carbocycles. The maximum absolute atomic E-state index is 13.0. The summed E-state index contributed by atoms with van der Waals surface area (Å²) in [5.41, 5.74) is -1.49. The van der Waals surface area contributed by atoms with E-state index in [4.69, 9.17) is 4.74 Å². The topological polar surface area (TPSA) is 56.1 Å². The fraction of sp³-hybridized carbons (Fsp3) is 0.667. The average molecular weight is 293 g/mol. The lowest BCUT2D eigenvalue weighted by molar-refractivity contribution is -0.144. The van der Waals surface area contributed by atoms with Gasteiger partial charge in [0, 0.05) is 13.7 Å². The lowest BCUT2D eigenvalue weighted by atomic mass is 10.2. The minimum absolute atomic E-state index is 0.0391. The molecule has 1 aromatic rings. The van der Waals surface area contributed by atoms with E-state index in [0.29, 0.717) is 6.42 Å². The minimum atomic E-state index is -4.62. The highest BCUT2D eigenvalue weighted by atomic mass is 19.4. The Morgan fingerprint density at radius 3 is 2.60 bits per heavy atom. The number of ether oxygens (including phenoxy) is 1. The van der Waals surface area contributed by atoms with Crippen LogP contribution in [0.4, 0.5) is 13.2 Å². The van der Waals surface area contributed by atoms with Gasteiger partial charge in [-0.1, -0.05) is 6.92 Å². The SMILES string of the molecule is CCC(COC)NC(=O)c1cnn(CC)c1C(F)(F)F. The van der Waals surface area contributed by atoms with Crippen LogP contribution in [-0.2, 0) is 17.5 Å². The van der Waals surface area contributed by atoms with Crippen LogP contribution in [0.25, 0.3) is 0 Å². The highest BCUT2D eigenvalue weighted by Crippen LogP contribution is 2.32. The normalized spacial score (nSPS) is 13.3. The van der Waals surface area contributed by atoms with Crippen molar-refractivity contribution in [2.45, 2.75) is 39.0 Å². The van der Waals surface area contributed by atoms with E-state index in [1.165, 1.54) is 14.0 Å². The number of nitrogens with one attached hydrogen (secondary N) is 1. The van der Waals surface area contributed by atoms with Crippen LogP contribution >= 0.6 is 0 Å². The van der Waals surface area contributed by atoms with E-state index < -0.39 is 23.3 Å². The number of hydrogen-bond acceptors (Lipinski definition) is 3. The zero-order valence-electron chi connectivity index (χ0n) is 11.6. The number of halogens is 3. The molecule has 1 N–H and O–H groups in total. The lowest BCUT2D eigenvalue weighted by Crippen LogP contribution is -2.38. The lowest BCUT2D eigenvalue weighted by Gasteiger charge is -2.16.